The van der Waals surface area contributed by atoms with Gasteiger partial charge in [0.05, 0.1) is 17.6 Å². The van der Waals surface area contributed by atoms with Crippen LogP contribution >= 0.6 is 0 Å². The summed E-state index contributed by atoms with van der Waals surface area (Å²) in [6.07, 6.45) is 2.04. The standard InChI is InChI=1S/C18H17FN2O/c19-14-7-2-1-6-13(14)12-21-16-9-4-3-8-15(16)20-18(21)17-10-5-11-22-17/h1-4,6-9,17H,5,10-12H2/t17-/m1/s1. The van der Waals surface area contributed by atoms with Crippen molar-refractivity contribution in [3.8, 4) is 0 Å². The van der Waals surface area contributed by atoms with Gasteiger partial charge in [-0.2, -0.15) is 0 Å². The summed E-state index contributed by atoms with van der Waals surface area (Å²) in [5.74, 6) is 0.723. The molecule has 1 atom stereocenters. The van der Waals surface area contributed by atoms with E-state index in [0.717, 1.165) is 36.3 Å². The first-order chi connectivity index (χ1) is 10.8. The lowest BCUT2D eigenvalue weighted by atomic mass is 10.2. The monoisotopic (exact) mass is 296 g/mol. The van der Waals surface area contributed by atoms with Crippen LogP contribution in [0.25, 0.3) is 11.0 Å². The van der Waals surface area contributed by atoms with Gasteiger partial charge in [0, 0.05) is 12.2 Å². The van der Waals surface area contributed by atoms with Gasteiger partial charge in [0.15, 0.2) is 0 Å². The molecule has 0 N–H and O–H groups in total. The summed E-state index contributed by atoms with van der Waals surface area (Å²) < 4.78 is 21.9. The fourth-order valence-corrected chi connectivity index (χ4v) is 3.08. The Bertz CT molecular complexity index is 806. The summed E-state index contributed by atoms with van der Waals surface area (Å²) in [5, 5.41) is 0. The summed E-state index contributed by atoms with van der Waals surface area (Å²) in [6.45, 7) is 1.25. The molecule has 0 aliphatic carbocycles. The fourth-order valence-electron chi connectivity index (χ4n) is 3.08. The molecule has 2 heterocycles. The number of halogens is 1. The van der Waals surface area contributed by atoms with Crippen molar-refractivity contribution in [3.05, 3.63) is 65.7 Å². The smallest absolute Gasteiger partial charge is 0.139 e. The minimum absolute atomic E-state index is 0.0131. The van der Waals surface area contributed by atoms with Crippen molar-refractivity contribution in [2.45, 2.75) is 25.5 Å². The number of aromatic nitrogens is 2. The van der Waals surface area contributed by atoms with Crippen LogP contribution in [0.2, 0.25) is 0 Å². The lowest BCUT2D eigenvalue weighted by molar-refractivity contribution is 0.103. The fraction of sp³-hybridized carbons (Fsp3) is 0.278. The third kappa shape index (κ3) is 2.29. The Labute approximate surface area is 128 Å². The van der Waals surface area contributed by atoms with Crippen LogP contribution in [0.3, 0.4) is 0 Å². The zero-order valence-corrected chi connectivity index (χ0v) is 12.2. The Hall–Kier alpha value is -2.20. The zero-order chi connectivity index (χ0) is 14.9. The highest BCUT2D eigenvalue weighted by Gasteiger charge is 2.24. The molecule has 1 aromatic heterocycles. The highest BCUT2D eigenvalue weighted by atomic mass is 19.1. The number of hydrogen-bond acceptors (Lipinski definition) is 2. The van der Waals surface area contributed by atoms with E-state index in [1.165, 1.54) is 6.07 Å². The molecule has 0 spiro atoms. The Kier molecular flexibility index (Phi) is 3.39. The molecule has 0 saturated carbocycles. The van der Waals surface area contributed by atoms with Crippen LogP contribution in [0.4, 0.5) is 4.39 Å². The van der Waals surface area contributed by atoms with E-state index in [9.17, 15) is 4.39 Å². The van der Waals surface area contributed by atoms with Crippen molar-refractivity contribution in [2.75, 3.05) is 6.61 Å². The summed E-state index contributed by atoms with van der Waals surface area (Å²) in [5.41, 5.74) is 2.63. The minimum Gasteiger partial charge on any atom is -0.370 e. The Balaban J connectivity index is 1.83. The van der Waals surface area contributed by atoms with E-state index in [1.54, 1.807) is 6.07 Å². The molecular formula is C18H17FN2O. The minimum atomic E-state index is -0.182. The molecule has 22 heavy (non-hydrogen) atoms. The van der Waals surface area contributed by atoms with Crippen LogP contribution in [0.15, 0.2) is 48.5 Å². The molecule has 1 fully saturated rings. The van der Waals surface area contributed by atoms with Gasteiger partial charge in [0.25, 0.3) is 0 Å². The van der Waals surface area contributed by atoms with E-state index in [0.29, 0.717) is 12.1 Å². The number of imidazole rings is 1. The van der Waals surface area contributed by atoms with Crippen molar-refractivity contribution in [3.63, 3.8) is 0 Å². The SMILES string of the molecule is Fc1ccccc1Cn1c([C@H]2CCCO2)nc2ccccc21. The highest BCUT2D eigenvalue weighted by molar-refractivity contribution is 5.76. The molecule has 2 aromatic carbocycles. The number of para-hydroxylation sites is 2. The summed E-state index contributed by atoms with van der Waals surface area (Å²) in [6, 6.07) is 14.9. The van der Waals surface area contributed by atoms with Crippen LogP contribution in [0.1, 0.15) is 30.3 Å². The van der Waals surface area contributed by atoms with Crippen molar-refractivity contribution >= 4 is 11.0 Å². The van der Waals surface area contributed by atoms with Gasteiger partial charge in [-0.3, -0.25) is 0 Å². The maximum Gasteiger partial charge on any atom is 0.139 e. The second-order valence-corrected chi connectivity index (χ2v) is 5.64. The number of rotatable bonds is 3. The molecule has 1 saturated heterocycles. The Morgan fingerprint density at radius 1 is 1.14 bits per heavy atom. The first-order valence-electron chi connectivity index (χ1n) is 7.63. The van der Waals surface area contributed by atoms with Crippen LogP contribution < -0.4 is 0 Å². The van der Waals surface area contributed by atoms with Gasteiger partial charge >= 0.3 is 0 Å². The normalized spacial score (nSPS) is 18.1. The van der Waals surface area contributed by atoms with Gasteiger partial charge in [-0.25, -0.2) is 9.37 Å². The van der Waals surface area contributed by atoms with E-state index in [-0.39, 0.29) is 11.9 Å². The lowest BCUT2D eigenvalue weighted by Crippen LogP contribution is -2.10. The van der Waals surface area contributed by atoms with Crippen molar-refractivity contribution in [1.29, 1.82) is 0 Å². The summed E-state index contributed by atoms with van der Waals surface area (Å²) in [4.78, 5) is 4.74. The van der Waals surface area contributed by atoms with E-state index < -0.39 is 0 Å². The predicted molar refractivity (Wildman–Crippen MR) is 83.2 cm³/mol. The van der Waals surface area contributed by atoms with Gasteiger partial charge in [0.2, 0.25) is 0 Å². The van der Waals surface area contributed by atoms with Crippen molar-refractivity contribution in [2.24, 2.45) is 0 Å². The van der Waals surface area contributed by atoms with Crippen molar-refractivity contribution in [1.82, 2.24) is 9.55 Å². The molecule has 0 radical (unpaired) electrons. The summed E-state index contributed by atoms with van der Waals surface area (Å²) in [7, 11) is 0. The zero-order valence-electron chi connectivity index (χ0n) is 12.2. The Morgan fingerprint density at radius 2 is 1.95 bits per heavy atom. The summed E-state index contributed by atoms with van der Waals surface area (Å²) >= 11 is 0. The number of hydrogen-bond donors (Lipinski definition) is 0. The number of benzene rings is 2. The number of nitrogens with zero attached hydrogens (tertiary/aromatic N) is 2. The highest BCUT2D eigenvalue weighted by Crippen LogP contribution is 2.31. The maximum absolute atomic E-state index is 14.0. The number of ether oxygens (including phenoxy) is 1. The largest absolute Gasteiger partial charge is 0.370 e. The molecule has 4 rings (SSSR count). The van der Waals surface area contributed by atoms with E-state index >= 15 is 0 Å². The third-order valence-corrected chi connectivity index (χ3v) is 4.19. The number of fused-ring (bicyclic) bond motifs is 1. The van der Waals surface area contributed by atoms with Crippen LogP contribution in [0.5, 0.6) is 0 Å². The molecular weight excluding hydrogens is 279 g/mol. The first kappa shape index (κ1) is 13.5. The van der Waals surface area contributed by atoms with Crippen LogP contribution in [0, 0.1) is 5.82 Å². The lowest BCUT2D eigenvalue weighted by Gasteiger charge is -2.14. The van der Waals surface area contributed by atoms with Crippen LogP contribution in [-0.4, -0.2) is 16.2 Å². The van der Waals surface area contributed by atoms with Gasteiger partial charge < -0.3 is 9.30 Å². The third-order valence-electron chi connectivity index (χ3n) is 4.19. The van der Waals surface area contributed by atoms with Gasteiger partial charge in [-0.05, 0) is 31.0 Å². The molecule has 112 valence electrons. The molecule has 3 nitrogen and oxygen atoms in total. The molecule has 3 aromatic rings. The Morgan fingerprint density at radius 3 is 2.77 bits per heavy atom. The first-order valence-corrected chi connectivity index (χ1v) is 7.63. The molecule has 0 bridgehead atoms. The van der Waals surface area contributed by atoms with Crippen LogP contribution in [-0.2, 0) is 11.3 Å². The van der Waals surface area contributed by atoms with Gasteiger partial charge in [-0.15, -0.1) is 0 Å². The second-order valence-electron chi connectivity index (χ2n) is 5.64. The average molecular weight is 296 g/mol. The van der Waals surface area contributed by atoms with E-state index in [4.69, 9.17) is 9.72 Å². The molecule has 1 aliphatic rings. The molecule has 1 aliphatic heterocycles. The predicted octanol–water partition coefficient (Wildman–Crippen LogP) is 4.08. The van der Waals surface area contributed by atoms with Crippen molar-refractivity contribution < 1.29 is 9.13 Å². The molecule has 0 unspecified atom stereocenters. The maximum atomic E-state index is 14.0. The van der Waals surface area contributed by atoms with Gasteiger partial charge in [-0.1, -0.05) is 30.3 Å². The molecule has 4 heteroatoms. The van der Waals surface area contributed by atoms with Gasteiger partial charge in [0.1, 0.15) is 17.7 Å². The topological polar surface area (TPSA) is 27.1 Å². The quantitative estimate of drug-likeness (QED) is 0.728. The molecule has 0 amide bonds. The average Bonchev–Trinajstić information content (AvgIpc) is 3.17. The van der Waals surface area contributed by atoms with E-state index in [1.807, 2.05) is 36.4 Å². The second kappa shape index (κ2) is 5.54. The van der Waals surface area contributed by atoms with E-state index in [2.05, 4.69) is 4.57 Å².